The van der Waals surface area contributed by atoms with Crippen LogP contribution in [0.3, 0.4) is 0 Å². The molecule has 2 amide bonds. The van der Waals surface area contributed by atoms with E-state index in [-0.39, 0.29) is 30.3 Å². The van der Waals surface area contributed by atoms with Gasteiger partial charge >= 0.3 is 0 Å². The summed E-state index contributed by atoms with van der Waals surface area (Å²) in [6.45, 7) is 1.34. The number of likely N-dealkylation sites (tertiary alicyclic amines) is 1. The molecule has 0 bridgehead atoms. The summed E-state index contributed by atoms with van der Waals surface area (Å²) in [5, 5.41) is 3.51. The highest BCUT2D eigenvalue weighted by Crippen LogP contribution is 2.34. The molecule has 1 aromatic heterocycles. The van der Waals surface area contributed by atoms with Gasteiger partial charge in [0, 0.05) is 41.9 Å². The number of thiophene rings is 1. The summed E-state index contributed by atoms with van der Waals surface area (Å²) in [4.78, 5) is 28.1. The van der Waals surface area contributed by atoms with Crippen molar-refractivity contribution in [1.82, 2.24) is 10.2 Å². The Morgan fingerprint density at radius 2 is 2.00 bits per heavy atom. The summed E-state index contributed by atoms with van der Waals surface area (Å²) in [5.41, 5.74) is 1.56. The van der Waals surface area contributed by atoms with Crippen LogP contribution >= 0.6 is 11.3 Å². The van der Waals surface area contributed by atoms with E-state index in [9.17, 15) is 14.0 Å². The molecule has 1 atom stereocenters. The van der Waals surface area contributed by atoms with E-state index in [0.29, 0.717) is 35.3 Å². The van der Waals surface area contributed by atoms with Crippen molar-refractivity contribution in [1.29, 1.82) is 0 Å². The van der Waals surface area contributed by atoms with Gasteiger partial charge in [-0.05, 0) is 30.5 Å². The molecule has 0 aliphatic carbocycles. The Bertz CT molecular complexity index is 1080. The quantitative estimate of drug-likeness (QED) is 0.627. The minimum atomic E-state index is -0.352. The highest BCUT2D eigenvalue weighted by molar-refractivity contribution is 7.21. The van der Waals surface area contributed by atoms with Crippen molar-refractivity contribution < 1.29 is 18.7 Å². The van der Waals surface area contributed by atoms with E-state index in [1.54, 1.807) is 6.07 Å². The summed E-state index contributed by atoms with van der Waals surface area (Å²) in [6, 6.07) is 14.4. The predicted octanol–water partition coefficient (Wildman–Crippen LogP) is 4.15. The molecule has 0 spiro atoms. The van der Waals surface area contributed by atoms with Gasteiger partial charge in [0.15, 0.2) is 0 Å². The molecule has 1 saturated heterocycles. The molecule has 5 nitrogen and oxygen atoms in total. The van der Waals surface area contributed by atoms with Gasteiger partial charge in [-0.3, -0.25) is 9.59 Å². The Morgan fingerprint density at radius 3 is 2.77 bits per heavy atom. The van der Waals surface area contributed by atoms with Crippen LogP contribution in [0.15, 0.2) is 48.5 Å². The monoisotopic (exact) mass is 440 g/mol. The second-order valence-corrected chi connectivity index (χ2v) is 8.82. The number of benzene rings is 2. The molecule has 31 heavy (non-hydrogen) atoms. The maximum Gasteiger partial charge on any atom is 0.262 e. The zero-order chi connectivity index (χ0) is 21.8. The second-order valence-electron chi connectivity index (χ2n) is 7.77. The number of fused-ring (bicyclic) bond motifs is 1. The van der Waals surface area contributed by atoms with E-state index >= 15 is 0 Å². The molecule has 1 N–H and O–H groups in total. The van der Waals surface area contributed by atoms with E-state index < -0.39 is 0 Å². The van der Waals surface area contributed by atoms with E-state index in [0.717, 1.165) is 23.1 Å². The fourth-order valence-corrected chi connectivity index (χ4v) is 5.21. The van der Waals surface area contributed by atoms with Gasteiger partial charge in [0.1, 0.15) is 5.82 Å². The third kappa shape index (κ3) is 4.78. The molecular formula is C24H25FN2O3S. The first-order valence-corrected chi connectivity index (χ1v) is 11.2. The van der Waals surface area contributed by atoms with Crippen molar-refractivity contribution in [2.45, 2.75) is 31.9 Å². The van der Waals surface area contributed by atoms with Crippen LogP contribution in [0.2, 0.25) is 0 Å². The van der Waals surface area contributed by atoms with E-state index in [2.05, 4.69) is 5.32 Å². The van der Waals surface area contributed by atoms with Gasteiger partial charge in [-0.1, -0.05) is 36.4 Å². The molecule has 1 fully saturated rings. The first-order chi connectivity index (χ1) is 15.1. The lowest BCUT2D eigenvalue weighted by Crippen LogP contribution is -2.50. The zero-order valence-electron chi connectivity index (χ0n) is 17.4. The smallest absolute Gasteiger partial charge is 0.262 e. The Morgan fingerprint density at radius 1 is 1.19 bits per heavy atom. The number of nitrogens with one attached hydrogen (secondary N) is 1. The maximum atomic E-state index is 14.4. The van der Waals surface area contributed by atoms with Crippen LogP contribution in [0.25, 0.3) is 10.1 Å². The van der Waals surface area contributed by atoms with Gasteiger partial charge in [0.05, 0.1) is 17.9 Å². The normalized spacial score (nSPS) is 16.5. The lowest BCUT2D eigenvalue weighted by Gasteiger charge is -2.33. The summed E-state index contributed by atoms with van der Waals surface area (Å²) < 4.78 is 20.4. The van der Waals surface area contributed by atoms with Crippen LogP contribution in [0.4, 0.5) is 4.39 Å². The predicted molar refractivity (Wildman–Crippen MR) is 120 cm³/mol. The number of methoxy groups -OCH3 is 1. The molecular weight excluding hydrogens is 415 g/mol. The topological polar surface area (TPSA) is 58.6 Å². The highest BCUT2D eigenvalue weighted by Gasteiger charge is 2.27. The van der Waals surface area contributed by atoms with Crippen LogP contribution in [0.5, 0.6) is 0 Å². The van der Waals surface area contributed by atoms with Crippen LogP contribution in [0, 0.1) is 5.82 Å². The van der Waals surface area contributed by atoms with Gasteiger partial charge in [0.2, 0.25) is 5.91 Å². The van der Waals surface area contributed by atoms with Gasteiger partial charge in [-0.2, -0.15) is 0 Å². The number of halogens is 1. The van der Waals surface area contributed by atoms with Crippen molar-refractivity contribution in [3.8, 4) is 0 Å². The average Bonchev–Trinajstić information content (AvgIpc) is 3.15. The fraction of sp³-hybridized carbons (Fsp3) is 0.333. The number of hydrogen-bond acceptors (Lipinski definition) is 4. The number of piperidine rings is 1. The largest absolute Gasteiger partial charge is 0.380 e. The summed E-state index contributed by atoms with van der Waals surface area (Å²) in [6.07, 6.45) is 1.99. The molecule has 162 valence electrons. The highest BCUT2D eigenvalue weighted by atomic mass is 32.1. The number of ether oxygens (including phenoxy) is 1. The fourth-order valence-electron chi connectivity index (χ4n) is 4.09. The van der Waals surface area contributed by atoms with E-state index in [1.165, 1.54) is 24.5 Å². The Kier molecular flexibility index (Phi) is 6.63. The lowest BCUT2D eigenvalue weighted by atomic mass is 10.0. The minimum Gasteiger partial charge on any atom is -0.380 e. The van der Waals surface area contributed by atoms with Crippen LogP contribution < -0.4 is 5.32 Å². The molecule has 1 aliphatic rings. The van der Waals surface area contributed by atoms with Crippen molar-refractivity contribution in [2.24, 2.45) is 0 Å². The third-order valence-corrected chi connectivity index (χ3v) is 6.76. The van der Waals surface area contributed by atoms with Gasteiger partial charge < -0.3 is 15.0 Å². The van der Waals surface area contributed by atoms with Gasteiger partial charge in [0.25, 0.3) is 5.91 Å². The number of rotatable bonds is 6. The van der Waals surface area contributed by atoms with Crippen LogP contribution in [0.1, 0.15) is 33.6 Å². The number of nitrogens with zero attached hydrogens (tertiary/aromatic N) is 1. The first kappa shape index (κ1) is 21.5. The Hall–Kier alpha value is -2.77. The Balaban J connectivity index is 1.46. The van der Waals surface area contributed by atoms with Crippen molar-refractivity contribution >= 4 is 33.2 Å². The summed E-state index contributed by atoms with van der Waals surface area (Å²) in [5.74, 6) is -0.528. The zero-order valence-corrected chi connectivity index (χ0v) is 18.2. The van der Waals surface area contributed by atoms with Crippen LogP contribution in [-0.2, 0) is 22.6 Å². The van der Waals surface area contributed by atoms with Crippen molar-refractivity contribution in [2.75, 3.05) is 20.2 Å². The molecule has 0 saturated carbocycles. The molecule has 3 aromatic rings. The SMILES string of the molecule is COCc1c(C(=O)NC2CCCN(C(=O)Cc3ccccc3)C2)sc2cccc(F)c12. The average molecular weight is 441 g/mol. The van der Waals surface area contributed by atoms with E-state index in [4.69, 9.17) is 4.74 Å². The number of amides is 2. The summed E-state index contributed by atoms with van der Waals surface area (Å²) in [7, 11) is 1.53. The van der Waals surface area contributed by atoms with Gasteiger partial charge in [-0.25, -0.2) is 4.39 Å². The number of carbonyl (C=O) groups is 2. The first-order valence-electron chi connectivity index (χ1n) is 10.4. The number of carbonyl (C=O) groups excluding carboxylic acids is 2. The maximum absolute atomic E-state index is 14.4. The van der Waals surface area contributed by atoms with Crippen molar-refractivity contribution in [3.63, 3.8) is 0 Å². The molecule has 4 rings (SSSR count). The second kappa shape index (κ2) is 9.58. The van der Waals surface area contributed by atoms with Crippen molar-refractivity contribution in [3.05, 3.63) is 70.4 Å². The molecule has 0 radical (unpaired) electrons. The van der Waals surface area contributed by atoms with Gasteiger partial charge in [-0.15, -0.1) is 11.3 Å². The Labute approximate surface area is 184 Å². The third-order valence-electron chi connectivity index (χ3n) is 5.57. The minimum absolute atomic E-state index is 0.0640. The molecule has 7 heteroatoms. The van der Waals surface area contributed by atoms with E-state index in [1.807, 2.05) is 41.3 Å². The molecule has 2 aromatic carbocycles. The molecule has 1 aliphatic heterocycles. The molecule has 1 unspecified atom stereocenters. The number of hydrogen-bond donors (Lipinski definition) is 1. The van der Waals surface area contributed by atoms with Crippen LogP contribution in [-0.4, -0.2) is 43.0 Å². The lowest BCUT2D eigenvalue weighted by molar-refractivity contribution is -0.131. The standard InChI is InChI=1S/C24H25FN2O3S/c1-30-15-18-22-19(25)10-5-11-20(22)31-23(18)24(29)26-17-9-6-12-27(14-17)21(28)13-16-7-3-2-4-8-16/h2-5,7-8,10-11,17H,6,9,12-15H2,1H3,(H,26,29). The summed E-state index contributed by atoms with van der Waals surface area (Å²) >= 11 is 1.27. The molecule has 2 heterocycles.